The number of fused-ring (bicyclic) bond motifs is 1. The zero-order valence-electron chi connectivity index (χ0n) is 14.0. The number of nitrogens with two attached hydrogens (primary N) is 1. The molecule has 0 aliphatic carbocycles. The third kappa shape index (κ3) is 2.87. The van der Waals surface area contributed by atoms with Crippen LogP contribution in [0.25, 0.3) is 27.8 Å². The van der Waals surface area contributed by atoms with Crippen molar-refractivity contribution in [2.45, 2.75) is 0 Å². The monoisotopic (exact) mass is 346 g/mol. The van der Waals surface area contributed by atoms with Gasteiger partial charge in [-0.1, -0.05) is 30.3 Å². The average Bonchev–Trinajstić information content (AvgIpc) is 3.08. The van der Waals surface area contributed by atoms with Crippen LogP contribution in [-0.2, 0) is 0 Å². The number of ether oxygens (including phenoxy) is 1. The molecule has 6 nitrogen and oxygen atoms in total. The Kier molecular flexibility index (Phi) is 4.25. The molecular formula is C20H18N4O2. The molecule has 2 aromatic heterocycles. The highest BCUT2D eigenvalue weighted by Gasteiger charge is 2.15. The Morgan fingerprint density at radius 1 is 1.00 bits per heavy atom. The predicted molar refractivity (Wildman–Crippen MR) is 101 cm³/mol. The highest BCUT2D eigenvalue weighted by molar-refractivity contribution is 5.98. The number of nitrogens with zero attached hydrogens (tertiary/aromatic N) is 3. The first-order valence-corrected chi connectivity index (χ1v) is 8.29. The number of aliphatic hydroxyl groups is 1. The molecule has 4 rings (SSSR count). The summed E-state index contributed by atoms with van der Waals surface area (Å²) in [6, 6.07) is 17.7. The van der Waals surface area contributed by atoms with E-state index in [1.807, 2.05) is 65.4 Å². The van der Waals surface area contributed by atoms with Gasteiger partial charge in [-0.3, -0.25) is 0 Å². The molecule has 0 aliphatic heterocycles. The molecule has 0 saturated carbocycles. The van der Waals surface area contributed by atoms with Crippen molar-refractivity contribution in [3.63, 3.8) is 0 Å². The van der Waals surface area contributed by atoms with E-state index in [0.29, 0.717) is 11.6 Å². The van der Waals surface area contributed by atoms with Crippen molar-refractivity contribution in [1.29, 1.82) is 0 Å². The fourth-order valence-electron chi connectivity index (χ4n) is 2.98. The number of hydrogen-bond donors (Lipinski definition) is 2. The number of aliphatic hydroxyl groups excluding tert-OH is 1. The van der Waals surface area contributed by atoms with E-state index in [0.717, 1.165) is 27.8 Å². The van der Waals surface area contributed by atoms with Crippen LogP contribution in [0.5, 0.6) is 5.75 Å². The third-order valence-corrected chi connectivity index (χ3v) is 4.16. The topological polar surface area (TPSA) is 86.2 Å². The van der Waals surface area contributed by atoms with E-state index in [4.69, 9.17) is 15.6 Å². The first-order valence-electron chi connectivity index (χ1n) is 8.29. The fraction of sp³-hybridized carbons (Fsp3) is 0.100. The Balaban J connectivity index is 1.85. The lowest BCUT2D eigenvalue weighted by atomic mass is 10.1. The van der Waals surface area contributed by atoms with E-state index in [1.54, 1.807) is 0 Å². The van der Waals surface area contributed by atoms with Gasteiger partial charge in [0.05, 0.1) is 6.61 Å². The Hall–Kier alpha value is -3.38. The standard InChI is InChI=1S/C20H18N4O2/c21-20-19-18(22-13-23-20)17(12-24(19)15-4-2-1-3-5-15)14-6-8-16(9-7-14)26-11-10-25/h1-9,12-13,25H,10-11H2,(H2,21,22,23). The van der Waals surface area contributed by atoms with Crippen LogP contribution in [0, 0.1) is 0 Å². The van der Waals surface area contributed by atoms with E-state index in [1.165, 1.54) is 6.33 Å². The second-order valence-electron chi connectivity index (χ2n) is 5.80. The molecule has 0 atom stereocenters. The average molecular weight is 346 g/mol. The van der Waals surface area contributed by atoms with Crippen molar-refractivity contribution >= 4 is 16.9 Å². The molecule has 0 radical (unpaired) electrons. The van der Waals surface area contributed by atoms with Crippen LogP contribution in [0.3, 0.4) is 0 Å². The SMILES string of the molecule is Nc1ncnc2c(-c3ccc(OCCO)cc3)cn(-c3ccccc3)c12. The Labute approximate surface area is 150 Å². The lowest BCUT2D eigenvalue weighted by molar-refractivity contribution is 0.201. The van der Waals surface area contributed by atoms with Gasteiger partial charge in [-0.15, -0.1) is 0 Å². The van der Waals surface area contributed by atoms with Crippen molar-refractivity contribution in [2.75, 3.05) is 18.9 Å². The zero-order valence-corrected chi connectivity index (χ0v) is 14.0. The highest BCUT2D eigenvalue weighted by Crippen LogP contribution is 2.33. The normalized spacial score (nSPS) is 11.0. The maximum absolute atomic E-state index is 8.86. The largest absolute Gasteiger partial charge is 0.491 e. The van der Waals surface area contributed by atoms with Gasteiger partial charge in [0.1, 0.15) is 29.7 Å². The number of aromatic nitrogens is 3. The molecule has 0 bridgehead atoms. The van der Waals surface area contributed by atoms with Crippen molar-refractivity contribution in [3.05, 3.63) is 67.1 Å². The lowest BCUT2D eigenvalue weighted by Gasteiger charge is -2.05. The van der Waals surface area contributed by atoms with Crippen LogP contribution in [0.4, 0.5) is 5.82 Å². The van der Waals surface area contributed by atoms with Crippen molar-refractivity contribution in [1.82, 2.24) is 14.5 Å². The van der Waals surface area contributed by atoms with Crippen molar-refractivity contribution in [2.24, 2.45) is 0 Å². The quantitative estimate of drug-likeness (QED) is 0.580. The van der Waals surface area contributed by atoms with Gasteiger partial charge < -0.3 is 20.1 Å². The van der Waals surface area contributed by atoms with Gasteiger partial charge in [0, 0.05) is 17.4 Å². The molecule has 2 aromatic carbocycles. The Morgan fingerprint density at radius 2 is 1.77 bits per heavy atom. The molecule has 0 aliphatic rings. The Bertz CT molecular complexity index is 1030. The van der Waals surface area contributed by atoms with E-state index in [2.05, 4.69) is 9.97 Å². The molecule has 6 heteroatoms. The molecule has 26 heavy (non-hydrogen) atoms. The molecule has 0 saturated heterocycles. The molecule has 3 N–H and O–H groups in total. The molecule has 0 amide bonds. The molecule has 2 heterocycles. The lowest BCUT2D eigenvalue weighted by Crippen LogP contribution is -2.01. The van der Waals surface area contributed by atoms with E-state index >= 15 is 0 Å². The van der Waals surface area contributed by atoms with Crippen LogP contribution in [-0.4, -0.2) is 32.9 Å². The number of nitrogen functional groups attached to an aromatic ring is 1. The summed E-state index contributed by atoms with van der Waals surface area (Å²) in [5, 5.41) is 8.86. The first-order chi connectivity index (χ1) is 12.8. The van der Waals surface area contributed by atoms with Crippen molar-refractivity contribution in [3.8, 4) is 22.6 Å². The number of anilines is 1. The minimum atomic E-state index is -0.0114. The molecule has 0 fully saturated rings. The number of para-hydroxylation sites is 1. The van der Waals surface area contributed by atoms with Gasteiger partial charge in [-0.05, 0) is 29.8 Å². The summed E-state index contributed by atoms with van der Waals surface area (Å²) in [5.41, 5.74) is 10.7. The van der Waals surface area contributed by atoms with E-state index in [9.17, 15) is 0 Å². The molecule has 0 unspecified atom stereocenters. The summed E-state index contributed by atoms with van der Waals surface area (Å²) in [6.07, 6.45) is 3.50. The highest BCUT2D eigenvalue weighted by atomic mass is 16.5. The third-order valence-electron chi connectivity index (χ3n) is 4.16. The van der Waals surface area contributed by atoms with Crippen LogP contribution < -0.4 is 10.5 Å². The van der Waals surface area contributed by atoms with Crippen LogP contribution >= 0.6 is 0 Å². The number of hydrogen-bond acceptors (Lipinski definition) is 5. The second kappa shape index (κ2) is 6.85. The molecule has 0 spiro atoms. The number of rotatable bonds is 5. The first kappa shape index (κ1) is 16.1. The van der Waals surface area contributed by atoms with Gasteiger partial charge in [-0.2, -0.15) is 0 Å². The van der Waals surface area contributed by atoms with Gasteiger partial charge >= 0.3 is 0 Å². The summed E-state index contributed by atoms with van der Waals surface area (Å²) in [7, 11) is 0. The summed E-state index contributed by atoms with van der Waals surface area (Å²) in [4.78, 5) is 8.61. The maximum Gasteiger partial charge on any atom is 0.151 e. The molecule has 4 aromatic rings. The zero-order chi connectivity index (χ0) is 17.9. The Morgan fingerprint density at radius 3 is 2.50 bits per heavy atom. The van der Waals surface area contributed by atoms with Gasteiger partial charge in [0.25, 0.3) is 0 Å². The summed E-state index contributed by atoms with van der Waals surface area (Å²) in [6.45, 7) is 0.263. The van der Waals surface area contributed by atoms with E-state index < -0.39 is 0 Å². The number of benzene rings is 2. The van der Waals surface area contributed by atoms with Gasteiger partial charge in [-0.25, -0.2) is 9.97 Å². The summed E-state index contributed by atoms with van der Waals surface area (Å²) >= 11 is 0. The summed E-state index contributed by atoms with van der Waals surface area (Å²) < 4.78 is 7.44. The second-order valence-corrected chi connectivity index (χ2v) is 5.80. The van der Waals surface area contributed by atoms with Crippen LogP contribution in [0.1, 0.15) is 0 Å². The molecular weight excluding hydrogens is 328 g/mol. The summed E-state index contributed by atoms with van der Waals surface area (Å²) in [5.74, 6) is 1.15. The maximum atomic E-state index is 8.86. The van der Waals surface area contributed by atoms with Gasteiger partial charge in [0.2, 0.25) is 0 Å². The van der Waals surface area contributed by atoms with Crippen LogP contribution in [0.2, 0.25) is 0 Å². The fourth-order valence-corrected chi connectivity index (χ4v) is 2.98. The van der Waals surface area contributed by atoms with Crippen LogP contribution in [0.15, 0.2) is 67.1 Å². The van der Waals surface area contributed by atoms with Crippen molar-refractivity contribution < 1.29 is 9.84 Å². The minimum absolute atomic E-state index is 0.0114. The predicted octanol–water partition coefficient (Wildman–Crippen LogP) is 3.04. The smallest absolute Gasteiger partial charge is 0.151 e. The minimum Gasteiger partial charge on any atom is -0.491 e. The molecule has 130 valence electrons. The van der Waals surface area contributed by atoms with E-state index in [-0.39, 0.29) is 13.2 Å². The van der Waals surface area contributed by atoms with Gasteiger partial charge in [0.15, 0.2) is 5.82 Å².